The highest BCUT2D eigenvalue weighted by atomic mass is 35.5. The molecule has 1 rings (SSSR count). The molecule has 0 aliphatic heterocycles. The van der Waals surface area contributed by atoms with Gasteiger partial charge < -0.3 is 15.8 Å². The van der Waals surface area contributed by atoms with Crippen molar-refractivity contribution in [1.29, 1.82) is 0 Å². The molecular formula is C13H17ClN2O2S. The van der Waals surface area contributed by atoms with E-state index in [-0.39, 0.29) is 10.9 Å². The minimum absolute atomic E-state index is 0.170. The number of nitrogens with two attached hydrogens (primary N) is 1. The summed E-state index contributed by atoms with van der Waals surface area (Å²) in [5, 5.41) is 3.13. The van der Waals surface area contributed by atoms with Gasteiger partial charge in [0.05, 0.1) is 5.02 Å². The van der Waals surface area contributed by atoms with E-state index in [1.165, 1.54) is 0 Å². The number of halogens is 1. The smallest absolute Gasteiger partial charge is 0.260 e. The van der Waals surface area contributed by atoms with Gasteiger partial charge in [0, 0.05) is 12.1 Å². The summed E-state index contributed by atoms with van der Waals surface area (Å²) < 4.78 is 5.51. The highest BCUT2D eigenvalue weighted by Crippen LogP contribution is 2.26. The monoisotopic (exact) mass is 300 g/mol. The lowest BCUT2D eigenvalue weighted by Crippen LogP contribution is -2.36. The Morgan fingerprint density at radius 1 is 1.58 bits per heavy atom. The summed E-state index contributed by atoms with van der Waals surface area (Å²) in [4.78, 5) is 11.9. The molecule has 0 saturated carbocycles. The van der Waals surface area contributed by atoms with E-state index in [1.807, 2.05) is 6.92 Å². The molecule has 104 valence electrons. The minimum atomic E-state index is -0.611. The second-order valence-electron chi connectivity index (χ2n) is 4.06. The lowest BCUT2D eigenvalue weighted by molar-refractivity contribution is -0.127. The lowest BCUT2D eigenvalue weighted by Gasteiger charge is -2.15. The van der Waals surface area contributed by atoms with Crippen molar-refractivity contribution >= 4 is 34.7 Å². The fourth-order valence-electron chi connectivity index (χ4n) is 1.39. The van der Waals surface area contributed by atoms with Gasteiger partial charge in [0.25, 0.3) is 5.91 Å². The van der Waals surface area contributed by atoms with E-state index < -0.39 is 6.10 Å². The number of hydrogen-bond acceptors (Lipinski definition) is 3. The molecule has 0 fully saturated rings. The van der Waals surface area contributed by atoms with Gasteiger partial charge in [-0.1, -0.05) is 30.7 Å². The summed E-state index contributed by atoms with van der Waals surface area (Å²) in [5.41, 5.74) is 6.17. The number of hydrogen-bond donors (Lipinski definition) is 2. The molecule has 0 saturated heterocycles. The third-order valence-corrected chi connectivity index (χ3v) is 2.97. The second-order valence-corrected chi connectivity index (χ2v) is 4.91. The van der Waals surface area contributed by atoms with E-state index in [1.54, 1.807) is 25.1 Å². The van der Waals surface area contributed by atoms with E-state index in [4.69, 9.17) is 34.3 Å². The molecule has 1 unspecified atom stereocenters. The summed E-state index contributed by atoms with van der Waals surface area (Å²) in [6.07, 6.45) is 0.265. The summed E-state index contributed by atoms with van der Waals surface area (Å²) in [6.45, 7) is 4.28. The maximum atomic E-state index is 11.7. The number of amides is 1. The van der Waals surface area contributed by atoms with Gasteiger partial charge in [0.2, 0.25) is 0 Å². The van der Waals surface area contributed by atoms with Crippen LogP contribution in [0.3, 0.4) is 0 Å². The van der Waals surface area contributed by atoms with Crippen LogP contribution in [0.15, 0.2) is 18.2 Å². The standard InChI is InChI=1S/C13H17ClN2O2S/c1-3-6-16-13(17)8(2)18-11-5-4-9(12(15)19)7-10(11)14/h4-5,7-8H,3,6H2,1-2H3,(H2,15,19)(H,16,17). The first-order chi connectivity index (χ1) is 8.95. The van der Waals surface area contributed by atoms with E-state index in [2.05, 4.69) is 5.32 Å². The Morgan fingerprint density at radius 2 is 2.26 bits per heavy atom. The zero-order valence-corrected chi connectivity index (χ0v) is 12.5. The quantitative estimate of drug-likeness (QED) is 0.791. The van der Waals surface area contributed by atoms with Crippen molar-refractivity contribution in [3.63, 3.8) is 0 Å². The van der Waals surface area contributed by atoms with Crippen molar-refractivity contribution in [3.05, 3.63) is 28.8 Å². The van der Waals surface area contributed by atoms with Crippen molar-refractivity contribution in [2.75, 3.05) is 6.54 Å². The molecule has 0 aliphatic carbocycles. The highest BCUT2D eigenvalue weighted by Gasteiger charge is 2.15. The molecule has 6 heteroatoms. The van der Waals surface area contributed by atoms with E-state index in [0.717, 1.165) is 6.42 Å². The number of thiocarbonyl (C=S) groups is 1. The minimum Gasteiger partial charge on any atom is -0.479 e. The van der Waals surface area contributed by atoms with Crippen LogP contribution in [0.25, 0.3) is 0 Å². The van der Waals surface area contributed by atoms with Crippen LogP contribution >= 0.6 is 23.8 Å². The molecule has 1 aromatic rings. The van der Waals surface area contributed by atoms with Crippen LogP contribution in [0.1, 0.15) is 25.8 Å². The van der Waals surface area contributed by atoms with Crippen molar-refractivity contribution in [1.82, 2.24) is 5.32 Å². The van der Waals surface area contributed by atoms with Crippen LogP contribution in [0.2, 0.25) is 5.02 Å². The summed E-state index contributed by atoms with van der Waals surface area (Å²) in [6, 6.07) is 4.98. The van der Waals surface area contributed by atoms with Gasteiger partial charge >= 0.3 is 0 Å². The molecule has 1 amide bonds. The average Bonchev–Trinajstić information content (AvgIpc) is 2.37. The zero-order chi connectivity index (χ0) is 14.4. The molecule has 3 N–H and O–H groups in total. The van der Waals surface area contributed by atoms with Crippen LogP contribution in [0.4, 0.5) is 0 Å². The van der Waals surface area contributed by atoms with Gasteiger partial charge in [-0.2, -0.15) is 0 Å². The van der Waals surface area contributed by atoms with Crippen molar-refractivity contribution < 1.29 is 9.53 Å². The fraction of sp³-hybridized carbons (Fsp3) is 0.385. The summed E-state index contributed by atoms with van der Waals surface area (Å²) in [5.74, 6) is 0.261. The molecule has 1 aromatic carbocycles. The van der Waals surface area contributed by atoms with Crippen LogP contribution in [0, 0.1) is 0 Å². The van der Waals surface area contributed by atoms with Crippen LogP contribution < -0.4 is 15.8 Å². The molecule has 0 aromatic heterocycles. The maximum Gasteiger partial charge on any atom is 0.260 e. The van der Waals surface area contributed by atoms with Crippen LogP contribution in [-0.2, 0) is 4.79 Å². The maximum absolute atomic E-state index is 11.7. The van der Waals surface area contributed by atoms with Gasteiger partial charge in [-0.15, -0.1) is 0 Å². The molecule has 0 aliphatic rings. The number of carbonyl (C=O) groups excluding carboxylic acids is 1. The van der Waals surface area contributed by atoms with Gasteiger partial charge in [-0.05, 0) is 31.5 Å². The first-order valence-electron chi connectivity index (χ1n) is 5.99. The Morgan fingerprint density at radius 3 is 2.79 bits per heavy atom. The van der Waals surface area contributed by atoms with Gasteiger partial charge in [-0.25, -0.2) is 0 Å². The fourth-order valence-corrected chi connectivity index (χ4v) is 1.74. The predicted octanol–water partition coefficient (Wildman–Crippen LogP) is 2.27. The van der Waals surface area contributed by atoms with Gasteiger partial charge in [0.1, 0.15) is 10.7 Å². The van der Waals surface area contributed by atoms with Crippen molar-refractivity contribution in [2.24, 2.45) is 5.73 Å². The first kappa shape index (κ1) is 15.7. The van der Waals surface area contributed by atoms with Crippen molar-refractivity contribution in [2.45, 2.75) is 26.4 Å². The van der Waals surface area contributed by atoms with E-state index in [0.29, 0.717) is 22.9 Å². The normalized spacial score (nSPS) is 11.7. The van der Waals surface area contributed by atoms with Crippen molar-refractivity contribution in [3.8, 4) is 5.75 Å². The Bertz CT molecular complexity index is 480. The molecule has 4 nitrogen and oxygen atoms in total. The third-order valence-electron chi connectivity index (χ3n) is 2.44. The molecule has 0 bridgehead atoms. The molecule has 0 radical (unpaired) electrons. The number of ether oxygens (including phenoxy) is 1. The SMILES string of the molecule is CCCNC(=O)C(C)Oc1ccc(C(N)=S)cc1Cl. The molecule has 19 heavy (non-hydrogen) atoms. The Kier molecular flexibility index (Phi) is 6.05. The Labute approximate surface area is 123 Å². The number of nitrogens with one attached hydrogen (secondary N) is 1. The van der Waals surface area contributed by atoms with Gasteiger partial charge in [0.15, 0.2) is 6.10 Å². The Balaban J connectivity index is 2.71. The number of rotatable bonds is 6. The second kappa shape index (κ2) is 7.31. The summed E-state index contributed by atoms with van der Waals surface area (Å²) >= 11 is 10.9. The topological polar surface area (TPSA) is 64.3 Å². The third kappa shape index (κ3) is 4.69. The largest absolute Gasteiger partial charge is 0.479 e. The number of benzene rings is 1. The van der Waals surface area contributed by atoms with Crippen LogP contribution in [-0.4, -0.2) is 23.5 Å². The Hall–Kier alpha value is -1.33. The molecular weight excluding hydrogens is 284 g/mol. The predicted molar refractivity (Wildman–Crippen MR) is 80.7 cm³/mol. The highest BCUT2D eigenvalue weighted by molar-refractivity contribution is 7.80. The first-order valence-corrected chi connectivity index (χ1v) is 6.78. The average molecular weight is 301 g/mol. The van der Waals surface area contributed by atoms with Crippen LogP contribution in [0.5, 0.6) is 5.75 Å². The zero-order valence-electron chi connectivity index (χ0n) is 10.9. The summed E-state index contributed by atoms with van der Waals surface area (Å²) in [7, 11) is 0. The van der Waals surface area contributed by atoms with Gasteiger partial charge in [-0.3, -0.25) is 4.79 Å². The number of carbonyl (C=O) groups is 1. The molecule has 0 spiro atoms. The lowest BCUT2D eigenvalue weighted by atomic mass is 10.2. The van der Waals surface area contributed by atoms with E-state index >= 15 is 0 Å². The molecule has 1 atom stereocenters. The van der Waals surface area contributed by atoms with E-state index in [9.17, 15) is 4.79 Å². The molecule has 0 heterocycles.